The van der Waals surface area contributed by atoms with Crippen LogP contribution in [-0.4, -0.2) is 45.2 Å². The van der Waals surface area contributed by atoms with E-state index in [1.807, 2.05) is 6.92 Å². The van der Waals surface area contributed by atoms with Gasteiger partial charge in [0.1, 0.15) is 5.01 Å². The highest BCUT2D eigenvalue weighted by atomic mass is 32.1. The molecule has 0 aromatic carbocycles. The first-order valence-electron chi connectivity index (χ1n) is 7.82. The van der Waals surface area contributed by atoms with Gasteiger partial charge in [-0.2, -0.15) is 9.61 Å². The first-order chi connectivity index (χ1) is 11.1. The smallest absolute Gasteiger partial charge is 0.310 e. The number of ether oxygens (including phenoxy) is 1. The van der Waals surface area contributed by atoms with Crippen LogP contribution in [0.5, 0.6) is 0 Å². The van der Waals surface area contributed by atoms with Gasteiger partial charge in [-0.05, 0) is 33.2 Å². The molecular weight excluding hydrogens is 316 g/mol. The average Bonchev–Trinajstić information content (AvgIpc) is 2.90. The second-order valence-corrected chi connectivity index (χ2v) is 6.79. The van der Waals surface area contributed by atoms with E-state index in [-0.39, 0.29) is 17.4 Å². The molecule has 0 N–H and O–H groups in total. The normalized spacial score (nSPS) is 19.1. The van der Waals surface area contributed by atoms with Crippen LogP contribution in [0.3, 0.4) is 0 Å². The van der Waals surface area contributed by atoms with Crippen molar-refractivity contribution in [1.29, 1.82) is 0 Å². The van der Waals surface area contributed by atoms with Gasteiger partial charge < -0.3 is 4.74 Å². The van der Waals surface area contributed by atoms with E-state index >= 15 is 0 Å². The third-order valence-corrected chi connectivity index (χ3v) is 4.79. The summed E-state index contributed by atoms with van der Waals surface area (Å²) in [5, 5.41) is 5.19. The molecule has 0 aliphatic carbocycles. The van der Waals surface area contributed by atoms with Crippen molar-refractivity contribution >= 4 is 22.3 Å². The molecule has 0 amide bonds. The third kappa shape index (κ3) is 3.59. The van der Waals surface area contributed by atoms with Gasteiger partial charge in [0.05, 0.1) is 19.1 Å². The number of rotatable bonds is 4. The maximum atomic E-state index is 11.9. The van der Waals surface area contributed by atoms with Crippen LogP contribution in [0.4, 0.5) is 0 Å². The summed E-state index contributed by atoms with van der Waals surface area (Å²) >= 11 is 1.42. The summed E-state index contributed by atoms with van der Waals surface area (Å²) in [6.07, 6.45) is 1.83. The van der Waals surface area contributed by atoms with Gasteiger partial charge in [0.25, 0.3) is 5.56 Å². The maximum Gasteiger partial charge on any atom is 0.310 e. The lowest BCUT2D eigenvalue weighted by atomic mass is 9.98. The Labute approximate surface area is 137 Å². The Hall–Kier alpha value is -1.80. The van der Waals surface area contributed by atoms with E-state index in [2.05, 4.69) is 15.0 Å². The summed E-state index contributed by atoms with van der Waals surface area (Å²) in [5.41, 5.74) is 0.545. The molecule has 1 aliphatic heterocycles. The molecule has 1 aliphatic rings. The van der Waals surface area contributed by atoms with Crippen molar-refractivity contribution in [2.75, 3.05) is 19.7 Å². The van der Waals surface area contributed by atoms with E-state index in [1.165, 1.54) is 21.9 Å². The lowest BCUT2D eigenvalue weighted by Gasteiger charge is -2.30. The number of carbonyl (C=O) groups is 1. The Kier molecular flexibility index (Phi) is 4.72. The largest absolute Gasteiger partial charge is 0.466 e. The molecular formula is C15H20N4O3S. The van der Waals surface area contributed by atoms with Crippen molar-refractivity contribution in [3.63, 3.8) is 0 Å². The molecule has 124 valence electrons. The molecule has 2 aromatic rings. The van der Waals surface area contributed by atoms with E-state index < -0.39 is 0 Å². The summed E-state index contributed by atoms with van der Waals surface area (Å²) in [5.74, 6) is -0.184. The van der Waals surface area contributed by atoms with Crippen molar-refractivity contribution in [1.82, 2.24) is 19.5 Å². The molecule has 0 saturated carbocycles. The highest BCUT2D eigenvalue weighted by Gasteiger charge is 2.27. The SMILES string of the molecule is CCOC(=O)[C@H]1CCCN(Cc2nn3c(=O)cc(C)nc3s2)C1. The van der Waals surface area contributed by atoms with Crippen LogP contribution in [0, 0.1) is 12.8 Å². The molecule has 0 spiro atoms. The topological polar surface area (TPSA) is 76.8 Å². The van der Waals surface area contributed by atoms with E-state index in [0.29, 0.717) is 30.4 Å². The Morgan fingerprint density at radius 1 is 1.52 bits per heavy atom. The van der Waals surface area contributed by atoms with Gasteiger partial charge in [-0.25, -0.2) is 4.98 Å². The predicted molar refractivity (Wildman–Crippen MR) is 86.5 cm³/mol. The molecule has 0 bridgehead atoms. The molecule has 1 saturated heterocycles. The number of fused-ring (bicyclic) bond motifs is 1. The first kappa shape index (κ1) is 16.1. The summed E-state index contributed by atoms with van der Waals surface area (Å²) < 4.78 is 6.47. The number of aryl methyl sites for hydroxylation is 1. The average molecular weight is 336 g/mol. The van der Waals surface area contributed by atoms with Crippen molar-refractivity contribution in [3.8, 4) is 0 Å². The molecule has 23 heavy (non-hydrogen) atoms. The quantitative estimate of drug-likeness (QED) is 0.782. The molecule has 0 unspecified atom stereocenters. The number of hydrogen-bond donors (Lipinski definition) is 0. The second-order valence-electron chi connectivity index (χ2n) is 5.75. The van der Waals surface area contributed by atoms with Gasteiger partial charge in [0, 0.05) is 18.3 Å². The van der Waals surface area contributed by atoms with E-state index in [1.54, 1.807) is 6.92 Å². The van der Waals surface area contributed by atoms with E-state index in [4.69, 9.17) is 4.74 Å². The number of nitrogens with zero attached hydrogens (tertiary/aromatic N) is 4. The number of hydrogen-bond acceptors (Lipinski definition) is 7. The van der Waals surface area contributed by atoms with E-state index in [0.717, 1.165) is 24.4 Å². The lowest BCUT2D eigenvalue weighted by Crippen LogP contribution is -2.38. The van der Waals surface area contributed by atoms with Gasteiger partial charge in [0.15, 0.2) is 0 Å². The molecule has 0 radical (unpaired) electrons. The minimum Gasteiger partial charge on any atom is -0.466 e. The van der Waals surface area contributed by atoms with Gasteiger partial charge in [0.2, 0.25) is 4.96 Å². The van der Waals surface area contributed by atoms with Crippen molar-refractivity contribution in [2.45, 2.75) is 33.2 Å². The zero-order chi connectivity index (χ0) is 16.4. The lowest BCUT2D eigenvalue weighted by molar-refractivity contribution is -0.150. The number of likely N-dealkylation sites (tertiary alicyclic amines) is 1. The molecule has 8 heteroatoms. The molecule has 1 fully saturated rings. The highest BCUT2D eigenvalue weighted by Crippen LogP contribution is 2.21. The number of piperidine rings is 1. The summed E-state index contributed by atoms with van der Waals surface area (Å²) in [6.45, 7) is 6.27. The Morgan fingerprint density at radius 3 is 3.13 bits per heavy atom. The van der Waals surface area contributed by atoms with Crippen molar-refractivity contribution in [3.05, 3.63) is 27.1 Å². The maximum absolute atomic E-state index is 11.9. The van der Waals surface area contributed by atoms with Gasteiger partial charge >= 0.3 is 5.97 Å². The fraction of sp³-hybridized carbons (Fsp3) is 0.600. The first-order valence-corrected chi connectivity index (χ1v) is 8.64. The minimum absolute atomic E-state index is 0.0684. The Morgan fingerprint density at radius 2 is 2.35 bits per heavy atom. The van der Waals surface area contributed by atoms with Crippen LogP contribution >= 0.6 is 11.3 Å². The fourth-order valence-electron chi connectivity index (χ4n) is 2.87. The molecule has 3 rings (SSSR count). The van der Waals surface area contributed by atoms with Crippen molar-refractivity contribution < 1.29 is 9.53 Å². The molecule has 2 aromatic heterocycles. The van der Waals surface area contributed by atoms with E-state index in [9.17, 15) is 9.59 Å². The minimum atomic E-state index is -0.155. The predicted octanol–water partition coefficient (Wildman–Crippen LogP) is 1.23. The van der Waals surface area contributed by atoms with Gasteiger partial charge in [-0.3, -0.25) is 14.5 Å². The second kappa shape index (κ2) is 6.76. The number of carbonyl (C=O) groups excluding carboxylic acids is 1. The van der Waals surface area contributed by atoms with Crippen LogP contribution in [-0.2, 0) is 16.1 Å². The molecule has 3 heterocycles. The van der Waals surface area contributed by atoms with Crippen LogP contribution < -0.4 is 5.56 Å². The van der Waals surface area contributed by atoms with Crippen LogP contribution in [0.2, 0.25) is 0 Å². The Balaban J connectivity index is 1.73. The number of esters is 1. The van der Waals surface area contributed by atoms with Gasteiger partial charge in [-0.15, -0.1) is 0 Å². The fourth-order valence-corrected chi connectivity index (χ4v) is 3.85. The molecule has 1 atom stereocenters. The summed E-state index contributed by atoms with van der Waals surface area (Å²) in [6, 6.07) is 1.48. The summed E-state index contributed by atoms with van der Waals surface area (Å²) in [7, 11) is 0. The van der Waals surface area contributed by atoms with Crippen LogP contribution in [0.25, 0.3) is 4.96 Å². The zero-order valence-electron chi connectivity index (χ0n) is 13.3. The summed E-state index contributed by atoms with van der Waals surface area (Å²) in [4.78, 5) is 31.0. The van der Waals surface area contributed by atoms with Gasteiger partial charge in [-0.1, -0.05) is 11.3 Å². The zero-order valence-corrected chi connectivity index (χ0v) is 14.1. The van der Waals surface area contributed by atoms with Crippen LogP contribution in [0.15, 0.2) is 10.9 Å². The Bertz CT molecular complexity index is 770. The molecule has 7 nitrogen and oxygen atoms in total. The monoisotopic (exact) mass is 336 g/mol. The highest BCUT2D eigenvalue weighted by molar-refractivity contribution is 7.16. The van der Waals surface area contributed by atoms with Crippen LogP contribution in [0.1, 0.15) is 30.5 Å². The standard InChI is InChI=1S/C15H20N4O3S/c1-3-22-14(21)11-5-4-6-18(8-11)9-12-17-19-13(20)7-10(2)16-15(19)23-12/h7,11H,3-6,8-9H2,1-2H3/t11-/m0/s1. The number of aromatic nitrogens is 3. The van der Waals surface area contributed by atoms with Crippen molar-refractivity contribution in [2.24, 2.45) is 5.92 Å². The third-order valence-electron chi connectivity index (χ3n) is 3.90.